The van der Waals surface area contributed by atoms with E-state index in [-0.39, 0.29) is 5.82 Å². The fourth-order valence-electron chi connectivity index (χ4n) is 20.7. The molecule has 0 bridgehead atoms. The van der Waals surface area contributed by atoms with E-state index in [1.807, 2.05) is 17.4 Å². The highest BCUT2D eigenvalue weighted by atomic mass is 32.1. The fourth-order valence-corrected chi connectivity index (χ4v) is 22.1. The summed E-state index contributed by atoms with van der Waals surface area (Å²) in [6.07, 6.45) is 17.7. The summed E-state index contributed by atoms with van der Waals surface area (Å²) >= 11 is 1.95. The number of halogens is 1. The highest BCUT2D eigenvalue weighted by Crippen LogP contribution is 2.50. The number of hydrogen-bond donors (Lipinski definition) is 0. The summed E-state index contributed by atoms with van der Waals surface area (Å²) < 4.78 is 42.3. The molecule has 10 heterocycles. The number of nitrogens with zero attached hydrogens (tertiary/aromatic N) is 8. The van der Waals surface area contributed by atoms with Crippen molar-refractivity contribution in [3.05, 3.63) is 383 Å². The Morgan fingerprint density at radius 1 is 0.305 bits per heavy atom. The lowest BCUT2D eigenvalue weighted by molar-refractivity contribution is -0.671. The van der Waals surface area contributed by atoms with Crippen molar-refractivity contribution in [3.63, 3.8) is 0 Å². The first-order valence-corrected chi connectivity index (χ1v) is 46.8. The molecule has 4 aliphatic heterocycles. The maximum atomic E-state index is 14.0. The van der Waals surface area contributed by atoms with Gasteiger partial charge in [-0.15, -0.1) is 11.3 Å². The number of aryl methyl sites for hydroxylation is 2. The van der Waals surface area contributed by atoms with Crippen molar-refractivity contribution in [3.8, 4) is 102 Å². The van der Waals surface area contributed by atoms with Gasteiger partial charge in [-0.3, -0.25) is 0 Å². The van der Waals surface area contributed by atoms with Gasteiger partial charge < -0.3 is 4.42 Å². The van der Waals surface area contributed by atoms with Gasteiger partial charge in [0.1, 0.15) is 115 Å². The quantitative estimate of drug-likeness (QED) is 0.100. The molecule has 0 aliphatic carbocycles. The normalized spacial score (nSPS) is 12.6. The summed E-state index contributed by atoms with van der Waals surface area (Å²) in [6, 6.07) is 91.2. The van der Waals surface area contributed by atoms with E-state index in [0.29, 0.717) is 48.0 Å². The molecule has 13 aromatic carbocycles. The maximum Gasteiger partial charge on any atom is 0.294 e. The Morgan fingerprint density at radius 2 is 0.695 bits per heavy atom. The topological polar surface area (TPSA) is 48.4 Å². The van der Waals surface area contributed by atoms with Crippen molar-refractivity contribution in [1.29, 1.82) is 0 Å². The molecule has 0 atom stereocenters. The molecule has 128 heavy (non-hydrogen) atoms. The Kier molecular flexibility index (Phi) is 21.7. The van der Waals surface area contributed by atoms with E-state index in [9.17, 15) is 4.39 Å². The van der Waals surface area contributed by atoms with E-state index in [1.165, 1.54) is 182 Å². The average molecular weight is 1700 g/mol. The fraction of sp³-hybridized carbons (Fsp3) is 0.231. The number of furan rings is 1. The third-order valence-electron chi connectivity index (χ3n) is 26.7. The zero-order chi connectivity index (χ0) is 88.4. The number of imidazole rings is 4. The van der Waals surface area contributed by atoms with Crippen molar-refractivity contribution < 1.29 is 27.1 Å². The molecule has 0 unspecified atom stereocenters. The number of thiophene rings is 1. The predicted octanol–water partition coefficient (Wildman–Crippen LogP) is 29.1. The molecule has 0 spiro atoms. The van der Waals surface area contributed by atoms with Crippen LogP contribution in [0.3, 0.4) is 0 Å². The van der Waals surface area contributed by atoms with Gasteiger partial charge in [0.15, 0.2) is 0 Å². The first-order chi connectivity index (χ1) is 62.0. The van der Waals surface area contributed by atoms with Gasteiger partial charge in [0.05, 0.1) is 22.3 Å². The zero-order valence-corrected chi connectivity index (χ0v) is 77.3. The zero-order valence-electron chi connectivity index (χ0n) is 76.5. The van der Waals surface area contributed by atoms with E-state index in [0.717, 1.165) is 53.4 Å². The molecule has 636 valence electrons. The van der Waals surface area contributed by atoms with Gasteiger partial charge in [-0.25, -0.2) is 22.7 Å². The lowest BCUT2D eigenvalue weighted by Crippen LogP contribution is -2.30. The molecular formula is C117H113FN8OS+4. The van der Waals surface area contributed by atoms with Crippen LogP contribution in [0.5, 0.6) is 0 Å². The summed E-state index contributed by atoms with van der Waals surface area (Å²) in [4.78, 5) is 0. The minimum absolute atomic E-state index is 0.188. The van der Waals surface area contributed by atoms with Gasteiger partial charge >= 0.3 is 0 Å². The summed E-state index contributed by atoms with van der Waals surface area (Å²) in [5, 5.41) is 5.22. The molecule has 9 nitrogen and oxygen atoms in total. The number of fused-ring (bicyclic) bond motifs is 18. The third kappa shape index (κ3) is 14.6. The van der Waals surface area contributed by atoms with E-state index in [2.05, 4.69) is 433 Å². The van der Waals surface area contributed by atoms with Crippen LogP contribution in [0.15, 0.2) is 309 Å². The molecule has 19 aromatic rings. The molecule has 0 amide bonds. The number of benzene rings is 13. The summed E-state index contributed by atoms with van der Waals surface area (Å²) in [5.74, 6) is 7.60. The summed E-state index contributed by atoms with van der Waals surface area (Å²) in [7, 11) is 0. The largest absolute Gasteiger partial charge is 0.456 e. The molecule has 0 saturated heterocycles. The molecule has 6 aromatic heterocycles. The predicted molar refractivity (Wildman–Crippen MR) is 527 cm³/mol. The van der Waals surface area contributed by atoms with E-state index < -0.39 is 0 Å². The van der Waals surface area contributed by atoms with Gasteiger partial charge in [-0.05, 0) is 168 Å². The number of rotatable bonds is 14. The summed E-state index contributed by atoms with van der Waals surface area (Å²) in [6.45, 7) is 40.1. The van der Waals surface area contributed by atoms with E-state index >= 15 is 0 Å². The van der Waals surface area contributed by atoms with Gasteiger partial charge in [0.2, 0.25) is 0 Å². The van der Waals surface area contributed by atoms with Gasteiger partial charge in [0.25, 0.3) is 23.3 Å². The van der Waals surface area contributed by atoms with Crippen LogP contribution in [0.25, 0.3) is 144 Å². The van der Waals surface area contributed by atoms with Crippen LogP contribution < -0.4 is 18.3 Å². The van der Waals surface area contributed by atoms with Gasteiger partial charge in [-0.2, -0.15) is 18.3 Å². The molecule has 0 radical (unpaired) electrons. The van der Waals surface area contributed by atoms with Crippen LogP contribution in [-0.2, 0) is 26.2 Å². The highest BCUT2D eigenvalue weighted by Gasteiger charge is 2.40. The van der Waals surface area contributed by atoms with Crippen molar-refractivity contribution in [2.24, 2.45) is 0 Å². The Bertz CT molecular complexity index is 7200. The second-order valence-electron chi connectivity index (χ2n) is 37.8. The minimum Gasteiger partial charge on any atom is -0.456 e. The first kappa shape index (κ1) is 82.9. The molecule has 0 N–H and O–H groups in total. The number of aromatic nitrogens is 8. The van der Waals surface area contributed by atoms with Crippen LogP contribution in [0.2, 0.25) is 0 Å². The molecule has 4 aliphatic rings. The van der Waals surface area contributed by atoms with Crippen molar-refractivity contribution in [2.45, 2.75) is 178 Å². The molecule has 11 heteroatoms. The molecule has 0 saturated carbocycles. The Labute approximate surface area is 756 Å². The monoisotopic (exact) mass is 1700 g/mol. The van der Waals surface area contributed by atoms with Crippen molar-refractivity contribution >= 4 is 53.4 Å². The number of hydrogen-bond acceptors (Lipinski definition) is 2. The smallest absolute Gasteiger partial charge is 0.294 e. The second kappa shape index (κ2) is 33.4. The molecule has 23 rings (SSSR count). The third-order valence-corrected chi connectivity index (χ3v) is 28.0. The second-order valence-corrected chi connectivity index (χ2v) is 38.9. The van der Waals surface area contributed by atoms with Gasteiger partial charge in [-0.1, -0.05) is 278 Å². The van der Waals surface area contributed by atoms with E-state index in [4.69, 9.17) is 4.42 Å². The Hall–Kier alpha value is -13.4. The molecule has 0 fully saturated rings. The SMILES string of the molecule is CC(C)c1cc(-c2ccccc2)c(-n2cc[n+]3c2-c2ccc(F)cc2C3)c(-c2ccccc2)c1.CC(C)c1cc2c(oc3ccccc32)c(C(C)C)c1-n1cc[n+]2c1-c1ccccc1C2.CC(C)c1cc2c(sc3ccccc32)c(C(C)C)c1-n1cc[n+]2c1-c1ccccc1C2.Cc1cc(C)cc(-c2cc(C(C)C)c(-n3cc[n+]4c3-c3ccccc3C4)c(C(C)C)c2)c1. The summed E-state index contributed by atoms with van der Waals surface area (Å²) in [5.41, 5.74) is 37.2. The minimum atomic E-state index is -0.188. The Balaban J connectivity index is 0.000000107. The van der Waals surface area contributed by atoms with Gasteiger partial charge in [0, 0.05) is 97.7 Å². The van der Waals surface area contributed by atoms with Crippen LogP contribution in [0, 0.1) is 19.7 Å². The standard InChI is InChI=1S/C31H26FN2.C30H33N2.C28H27N2O.C28H27N2S/c1-21(2)24-18-28(22-9-5-3-6-10-22)30(29(19-24)23-11-7-4-8-12-23)34-16-15-33-20-25-17-26(32)13-14-27(25)31(33)34;1-19(2)27-16-25(24-14-21(5)13-22(6)15-24)17-28(20(3)4)29(27)32-12-11-31-18-23-9-7-8-10-26(23)30(31)32;2*1-17(2)22-15-23-21-11-7-8-12-24(21)31-27(23)25(18(3)4)26(22)30-14-13-29-16-19-9-5-6-10-20(19)28(29)30/h3-19,21H,20H2,1-2H3;7-17,19-20H,18H2,1-6H3;2*5-15,17-18H,16H2,1-4H3/q4*+1. The van der Waals surface area contributed by atoms with E-state index in [1.54, 1.807) is 12.1 Å². The Morgan fingerprint density at radius 3 is 1.17 bits per heavy atom. The lowest BCUT2D eigenvalue weighted by Gasteiger charge is -2.20. The first-order valence-electron chi connectivity index (χ1n) is 46.0. The van der Waals surface area contributed by atoms with Crippen LogP contribution >= 0.6 is 11.3 Å². The van der Waals surface area contributed by atoms with Crippen LogP contribution in [0.1, 0.15) is 211 Å². The van der Waals surface area contributed by atoms with Crippen LogP contribution in [0.4, 0.5) is 4.39 Å². The maximum absolute atomic E-state index is 14.0. The average Bonchev–Trinajstić information content (AvgIpc) is 1.54. The number of para-hydroxylation sites is 1. The van der Waals surface area contributed by atoms with Crippen molar-refractivity contribution in [1.82, 2.24) is 18.3 Å². The van der Waals surface area contributed by atoms with Crippen molar-refractivity contribution in [2.75, 3.05) is 0 Å². The highest BCUT2D eigenvalue weighted by molar-refractivity contribution is 7.26. The van der Waals surface area contributed by atoms with Crippen LogP contribution in [-0.4, -0.2) is 18.3 Å². The molecular weight excluding hydrogens is 1580 g/mol. The lowest BCUT2D eigenvalue weighted by atomic mass is 9.87.